The average Bonchev–Trinajstić information content (AvgIpc) is 2.57. The summed E-state index contributed by atoms with van der Waals surface area (Å²) in [7, 11) is -0.546. The summed E-state index contributed by atoms with van der Waals surface area (Å²) in [6, 6.07) is 3.77. The van der Waals surface area contributed by atoms with Gasteiger partial charge in [-0.1, -0.05) is 0 Å². The lowest BCUT2D eigenvalue weighted by atomic mass is 9.78. The van der Waals surface area contributed by atoms with Crippen LogP contribution in [0.1, 0.15) is 33.4 Å². The van der Waals surface area contributed by atoms with Gasteiger partial charge < -0.3 is 14.4 Å². The van der Waals surface area contributed by atoms with Gasteiger partial charge in [0.15, 0.2) is 0 Å². The molecule has 4 nitrogen and oxygen atoms in total. The number of hydrogen-bond donors (Lipinski definition) is 1. The molecular formula is C14H19BBrNO3. The summed E-state index contributed by atoms with van der Waals surface area (Å²) in [6.45, 7) is 7.81. The fourth-order valence-electron chi connectivity index (χ4n) is 1.85. The standard InChI is InChI=1S/C14H19BBrNO3/c1-13(2)14(3,4)20-15(19-13)10(9-18)7-12-6-5-11(16)8-17-12/h5-8,18H,9H2,1-4H3. The second-order valence-corrected chi connectivity index (χ2v) is 6.78. The number of aromatic nitrogens is 1. The van der Waals surface area contributed by atoms with E-state index in [1.54, 1.807) is 12.3 Å². The molecule has 20 heavy (non-hydrogen) atoms. The first-order valence-electron chi connectivity index (χ1n) is 6.54. The van der Waals surface area contributed by atoms with Crippen LogP contribution in [0.25, 0.3) is 6.08 Å². The van der Waals surface area contributed by atoms with Gasteiger partial charge in [0.05, 0.1) is 23.5 Å². The Morgan fingerprint density at radius 2 is 1.90 bits per heavy atom. The van der Waals surface area contributed by atoms with Gasteiger partial charge in [0, 0.05) is 10.7 Å². The lowest BCUT2D eigenvalue weighted by Gasteiger charge is -2.32. The zero-order chi connectivity index (χ0) is 15.0. The van der Waals surface area contributed by atoms with Crippen LogP contribution in [0.2, 0.25) is 0 Å². The summed E-state index contributed by atoms with van der Waals surface area (Å²) in [4.78, 5) is 4.26. The van der Waals surface area contributed by atoms with Crippen molar-refractivity contribution >= 4 is 29.1 Å². The van der Waals surface area contributed by atoms with E-state index >= 15 is 0 Å². The molecule has 0 aliphatic carbocycles. The molecule has 1 aliphatic rings. The predicted octanol–water partition coefficient (Wildman–Crippen LogP) is 2.85. The lowest BCUT2D eigenvalue weighted by Crippen LogP contribution is -2.41. The third-order valence-corrected chi connectivity index (χ3v) is 4.29. The molecule has 0 unspecified atom stereocenters. The first-order chi connectivity index (χ1) is 9.25. The van der Waals surface area contributed by atoms with E-state index < -0.39 is 18.3 Å². The molecule has 1 aromatic heterocycles. The fourth-order valence-corrected chi connectivity index (χ4v) is 2.08. The lowest BCUT2D eigenvalue weighted by molar-refractivity contribution is 0.00578. The molecule has 0 amide bonds. The highest BCUT2D eigenvalue weighted by Gasteiger charge is 2.52. The molecule has 1 aromatic rings. The Bertz CT molecular complexity index is 498. The van der Waals surface area contributed by atoms with Gasteiger partial charge in [-0.2, -0.15) is 0 Å². The highest BCUT2D eigenvalue weighted by atomic mass is 79.9. The van der Waals surface area contributed by atoms with Crippen molar-refractivity contribution in [1.82, 2.24) is 4.98 Å². The van der Waals surface area contributed by atoms with E-state index in [1.807, 2.05) is 39.8 Å². The van der Waals surface area contributed by atoms with Gasteiger partial charge in [0.1, 0.15) is 0 Å². The van der Waals surface area contributed by atoms with Crippen molar-refractivity contribution in [3.63, 3.8) is 0 Å². The highest BCUT2D eigenvalue weighted by Crippen LogP contribution is 2.38. The molecule has 1 saturated heterocycles. The molecule has 1 fully saturated rings. The molecule has 2 heterocycles. The fraction of sp³-hybridized carbons (Fsp3) is 0.500. The van der Waals surface area contributed by atoms with E-state index in [2.05, 4.69) is 20.9 Å². The summed E-state index contributed by atoms with van der Waals surface area (Å²) in [6.07, 6.45) is 3.51. The van der Waals surface area contributed by atoms with Crippen LogP contribution in [0.5, 0.6) is 0 Å². The largest absolute Gasteiger partial charge is 0.492 e. The SMILES string of the molecule is CC1(C)OB(C(=Cc2ccc(Br)cn2)CO)OC1(C)C. The maximum Gasteiger partial charge on any atom is 0.492 e. The van der Waals surface area contributed by atoms with Gasteiger partial charge in [-0.05, 0) is 67.3 Å². The summed E-state index contributed by atoms with van der Waals surface area (Å²) in [5, 5.41) is 9.58. The van der Waals surface area contributed by atoms with Crippen molar-refractivity contribution in [3.05, 3.63) is 34.0 Å². The minimum Gasteiger partial charge on any atom is -0.400 e. The van der Waals surface area contributed by atoms with Crippen molar-refractivity contribution in [2.75, 3.05) is 6.61 Å². The van der Waals surface area contributed by atoms with E-state index in [-0.39, 0.29) is 6.61 Å². The molecule has 2 rings (SSSR count). The van der Waals surface area contributed by atoms with Crippen molar-refractivity contribution in [1.29, 1.82) is 0 Å². The third kappa shape index (κ3) is 3.14. The zero-order valence-electron chi connectivity index (χ0n) is 12.2. The molecule has 0 spiro atoms. The summed E-state index contributed by atoms with van der Waals surface area (Å²) in [5.41, 5.74) is 0.587. The Morgan fingerprint density at radius 3 is 2.35 bits per heavy atom. The van der Waals surface area contributed by atoms with Gasteiger partial charge in [0.25, 0.3) is 0 Å². The quantitative estimate of drug-likeness (QED) is 0.860. The van der Waals surface area contributed by atoms with Crippen LogP contribution in [-0.2, 0) is 9.31 Å². The normalized spacial score (nSPS) is 21.3. The highest BCUT2D eigenvalue weighted by molar-refractivity contribution is 9.10. The Hall–Kier alpha value is -0.685. The Labute approximate surface area is 128 Å². The molecule has 0 saturated carbocycles. The van der Waals surface area contributed by atoms with E-state index in [0.717, 1.165) is 10.2 Å². The van der Waals surface area contributed by atoms with Crippen LogP contribution in [0, 0.1) is 0 Å². The molecule has 6 heteroatoms. The van der Waals surface area contributed by atoms with Crippen LogP contribution in [-0.4, -0.2) is 35.0 Å². The number of aliphatic hydroxyl groups is 1. The molecule has 0 aromatic carbocycles. The minimum atomic E-state index is -0.546. The maximum atomic E-state index is 9.58. The minimum absolute atomic E-state index is 0.130. The Balaban J connectivity index is 2.24. The molecule has 1 N–H and O–H groups in total. The maximum absolute atomic E-state index is 9.58. The van der Waals surface area contributed by atoms with Gasteiger partial charge in [-0.3, -0.25) is 4.98 Å². The first kappa shape index (κ1) is 15.7. The molecule has 0 bridgehead atoms. The van der Waals surface area contributed by atoms with Crippen molar-refractivity contribution in [2.45, 2.75) is 38.9 Å². The smallest absolute Gasteiger partial charge is 0.400 e. The molecule has 0 atom stereocenters. The van der Waals surface area contributed by atoms with E-state index in [9.17, 15) is 5.11 Å². The van der Waals surface area contributed by atoms with Crippen LogP contribution < -0.4 is 0 Å². The van der Waals surface area contributed by atoms with Crippen LogP contribution in [0.4, 0.5) is 0 Å². The number of pyridine rings is 1. The Morgan fingerprint density at radius 1 is 1.30 bits per heavy atom. The predicted molar refractivity (Wildman–Crippen MR) is 83.1 cm³/mol. The summed E-state index contributed by atoms with van der Waals surface area (Å²) < 4.78 is 12.8. The second kappa shape index (κ2) is 5.60. The van der Waals surface area contributed by atoms with E-state index in [4.69, 9.17) is 9.31 Å². The number of aliphatic hydroxyl groups excluding tert-OH is 1. The van der Waals surface area contributed by atoms with E-state index in [0.29, 0.717) is 5.47 Å². The van der Waals surface area contributed by atoms with Gasteiger partial charge >= 0.3 is 7.12 Å². The number of hydrogen-bond acceptors (Lipinski definition) is 4. The van der Waals surface area contributed by atoms with Crippen LogP contribution in [0.15, 0.2) is 28.3 Å². The van der Waals surface area contributed by atoms with Crippen molar-refractivity contribution in [3.8, 4) is 0 Å². The average molecular weight is 340 g/mol. The van der Waals surface area contributed by atoms with Crippen molar-refractivity contribution < 1.29 is 14.4 Å². The topological polar surface area (TPSA) is 51.6 Å². The molecule has 1 aliphatic heterocycles. The molecule has 108 valence electrons. The summed E-state index contributed by atoms with van der Waals surface area (Å²) >= 11 is 3.34. The van der Waals surface area contributed by atoms with Gasteiger partial charge in [-0.15, -0.1) is 0 Å². The Kier molecular flexibility index (Phi) is 4.40. The number of halogens is 1. The van der Waals surface area contributed by atoms with Crippen molar-refractivity contribution in [2.24, 2.45) is 0 Å². The van der Waals surface area contributed by atoms with E-state index in [1.165, 1.54) is 0 Å². The third-order valence-electron chi connectivity index (χ3n) is 3.82. The summed E-state index contributed by atoms with van der Waals surface area (Å²) in [5.74, 6) is 0. The van der Waals surface area contributed by atoms with Gasteiger partial charge in [-0.25, -0.2) is 0 Å². The van der Waals surface area contributed by atoms with Gasteiger partial charge in [0.2, 0.25) is 0 Å². The van der Waals surface area contributed by atoms with Crippen LogP contribution in [0.3, 0.4) is 0 Å². The number of rotatable bonds is 3. The molecule has 0 radical (unpaired) electrons. The number of nitrogens with zero attached hydrogens (tertiary/aromatic N) is 1. The van der Waals surface area contributed by atoms with Crippen LogP contribution >= 0.6 is 15.9 Å². The zero-order valence-corrected chi connectivity index (χ0v) is 13.8. The monoisotopic (exact) mass is 339 g/mol. The second-order valence-electron chi connectivity index (χ2n) is 5.87. The first-order valence-corrected chi connectivity index (χ1v) is 7.33. The molecular weight excluding hydrogens is 321 g/mol.